The van der Waals surface area contributed by atoms with E-state index in [9.17, 15) is 9.90 Å². The lowest BCUT2D eigenvalue weighted by molar-refractivity contribution is -0.0812. The number of carbonyl (C=O) groups is 1. The molecule has 0 aliphatic carbocycles. The highest BCUT2D eigenvalue weighted by Gasteiger charge is 2.37. The Hall–Kier alpha value is -2.77. The SMILES string of the molecule is COc1ccc([C@@H]2[C@@H](CO)OCCN2C(=O)c2cccc(OC)c2C)cc1OC. The highest BCUT2D eigenvalue weighted by Crippen LogP contribution is 2.37. The van der Waals surface area contributed by atoms with Crippen LogP contribution in [0, 0.1) is 6.92 Å². The van der Waals surface area contributed by atoms with E-state index in [1.54, 1.807) is 44.4 Å². The van der Waals surface area contributed by atoms with E-state index in [0.29, 0.717) is 36.0 Å². The molecule has 3 rings (SSSR count). The highest BCUT2D eigenvalue weighted by molar-refractivity contribution is 5.96. The predicted molar refractivity (Wildman–Crippen MR) is 108 cm³/mol. The zero-order valence-electron chi connectivity index (χ0n) is 17.2. The van der Waals surface area contributed by atoms with Gasteiger partial charge in [-0.25, -0.2) is 0 Å². The standard InChI is InChI=1S/C22H27NO6/c1-14-16(6-5-7-17(14)26-2)22(25)23-10-11-29-20(13-24)21(23)15-8-9-18(27-3)19(12-15)28-4/h5-9,12,20-21,24H,10-11,13H2,1-4H3/t20-,21-/m1/s1. The van der Waals surface area contributed by atoms with E-state index in [-0.39, 0.29) is 12.5 Å². The molecule has 156 valence electrons. The molecule has 1 fully saturated rings. The molecule has 7 nitrogen and oxygen atoms in total. The normalized spacial score (nSPS) is 19.0. The number of carbonyl (C=O) groups excluding carboxylic acids is 1. The number of amides is 1. The third-order valence-electron chi connectivity index (χ3n) is 5.28. The van der Waals surface area contributed by atoms with Gasteiger partial charge in [0.15, 0.2) is 11.5 Å². The minimum atomic E-state index is -0.545. The molecule has 2 atom stereocenters. The molecule has 0 unspecified atom stereocenters. The summed E-state index contributed by atoms with van der Waals surface area (Å²) in [6.45, 7) is 2.41. The van der Waals surface area contributed by atoms with E-state index in [4.69, 9.17) is 18.9 Å². The van der Waals surface area contributed by atoms with Crippen molar-refractivity contribution in [1.29, 1.82) is 0 Å². The van der Waals surface area contributed by atoms with Crippen molar-refractivity contribution < 1.29 is 28.8 Å². The van der Waals surface area contributed by atoms with Gasteiger partial charge in [-0.15, -0.1) is 0 Å². The Morgan fingerprint density at radius 1 is 1.10 bits per heavy atom. The van der Waals surface area contributed by atoms with Gasteiger partial charge in [0, 0.05) is 17.7 Å². The molecule has 2 aromatic rings. The van der Waals surface area contributed by atoms with Crippen molar-refractivity contribution in [2.75, 3.05) is 41.1 Å². The second kappa shape index (κ2) is 9.15. The maximum atomic E-state index is 13.5. The van der Waals surface area contributed by atoms with Gasteiger partial charge in [0.25, 0.3) is 5.91 Å². The van der Waals surface area contributed by atoms with Crippen molar-refractivity contribution >= 4 is 5.91 Å². The monoisotopic (exact) mass is 401 g/mol. The number of morpholine rings is 1. The molecule has 0 radical (unpaired) electrons. The average Bonchev–Trinajstić information content (AvgIpc) is 2.77. The third-order valence-corrected chi connectivity index (χ3v) is 5.28. The molecule has 1 aliphatic heterocycles. The summed E-state index contributed by atoms with van der Waals surface area (Å²) in [4.78, 5) is 15.2. The second-order valence-corrected chi connectivity index (χ2v) is 6.78. The molecule has 29 heavy (non-hydrogen) atoms. The van der Waals surface area contributed by atoms with Gasteiger partial charge in [-0.1, -0.05) is 12.1 Å². The number of nitrogens with zero attached hydrogens (tertiary/aromatic N) is 1. The van der Waals surface area contributed by atoms with Crippen LogP contribution < -0.4 is 14.2 Å². The summed E-state index contributed by atoms with van der Waals surface area (Å²) in [7, 11) is 4.71. The van der Waals surface area contributed by atoms with E-state index in [1.165, 1.54) is 0 Å². The van der Waals surface area contributed by atoms with Crippen LogP contribution >= 0.6 is 0 Å². The minimum Gasteiger partial charge on any atom is -0.496 e. The zero-order valence-corrected chi connectivity index (χ0v) is 17.2. The Labute approximate surface area is 170 Å². The van der Waals surface area contributed by atoms with Gasteiger partial charge in [0.1, 0.15) is 11.9 Å². The van der Waals surface area contributed by atoms with Crippen molar-refractivity contribution in [1.82, 2.24) is 4.90 Å². The van der Waals surface area contributed by atoms with E-state index < -0.39 is 12.1 Å². The summed E-state index contributed by atoms with van der Waals surface area (Å²) in [5, 5.41) is 9.92. The van der Waals surface area contributed by atoms with Crippen molar-refractivity contribution in [3.8, 4) is 17.2 Å². The van der Waals surface area contributed by atoms with E-state index in [2.05, 4.69) is 0 Å². The third kappa shape index (κ3) is 4.02. The van der Waals surface area contributed by atoms with E-state index >= 15 is 0 Å². The Balaban J connectivity index is 2.04. The molecule has 1 saturated heterocycles. The fraction of sp³-hybridized carbons (Fsp3) is 0.409. The van der Waals surface area contributed by atoms with E-state index in [0.717, 1.165) is 11.1 Å². The van der Waals surface area contributed by atoms with Gasteiger partial charge in [0.2, 0.25) is 0 Å². The fourth-order valence-electron chi connectivity index (χ4n) is 3.77. The first kappa shape index (κ1) is 21.0. The first-order chi connectivity index (χ1) is 14.0. The minimum absolute atomic E-state index is 0.136. The molecular formula is C22H27NO6. The summed E-state index contributed by atoms with van der Waals surface area (Å²) in [5.74, 6) is 1.67. The van der Waals surface area contributed by atoms with Gasteiger partial charge < -0.3 is 29.0 Å². The summed E-state index contributed by atoms with van der Waals surface area (Å²) in [6.07, 6.45) is -0.545. The second-order valence-electron chi connectivity index (χ2n) is 6.78. The highest BCUT2D eigenvalue weighted by atomic mass is 16.5. The van der Waals surface area contributed by atoms with Crippen LogP contribution in [0.25, 0.3) is 0 Å². The molecule has 1 amide bonds. The van der Waals surface area contributed by atoms with Gasteiger partial charge in [-0.3, -0.25) is 4.79 Å². The maximum absolute atomic E-state index is 13.5. The smallest absolute Gasteiger partial charge is 0.254 e. The Morgan fingerprint density at radius 3 is 2.48 bits per heavy atom. The van der Waals surface area contributed by atoms with E-state index in [1.807, 2.05) is 25.1 Å². The molecule has 1 heterocycles. The molecular weight excluding hydrogens is 374 g/mol. The summed E-state index contributed by atoms with van der Waals surface area (Å²) < 4.78 is 21.9. The van der Waals surface area contributed by atoms with Crippen LogP contribution in [0.3, 0.4) is 0 Å². The number of hydrogen-bond acceptors (Lipinski definition) is 6. The van der Waals surface area contributed by atoms with Crippen molar-refractivity contribution in [2.45, 2.75) is 19.1 Å². The van der Waals surface area contributed by atoms with Crippen molar-refractivity contribution in [3.63, 3.8) is 0 Å². The molecule has 0 bridgehead atoms. The number of aliphatic hydroxyl groups is 1. The number of hydrogen-bond donors (Lipinski definition) is 1. The lowest BCUT2D eigenvalue weighted by atomic mass is 9.96. The Kier molecular flexibility index (Phi) is 6.61. The van der Waals surface area contributed by atoms with Gasteiger partial charge in [-0.05, 0) is 36.8 Å². The number of benzene rings is 2. The topological polar surface area (TPSA) is 77.5 Å². The molecule has 0 aromatic heterocycles. The maximum Gasteiger partial charge on any atom is 0.254 e. The lowest BCUT2D eigenvalue weighted by Gasteiger charge is -2.41. The summed E-state index contributed by atoms with van der Waals surface area (Å²) in [6, 6.07) is 10.4. The molecule has 2 aromatic carbocycles. The Bertz CT molecular complexity index is 868. The lowest BCUT2D eigenvalue weighted by Crippen LogP contribution is -2.49. The molecule has 0 spiro atoms. The number of aliphatic hydroxyl groups excluding tert-OH is 1. The Morgan fingerprint density at radius 2 is 1.83 bits per heavy atom. The molecule has 0 saturated carbocycles. The van der Waals surface area contributed by atoms with Crippen LogP contribution in [0.1, 0.15) is 27.5 Å². The van der Waals surface area contributed by atoms with Gasteiger partial charge in [-0.2, -0.15) is 0 Å². The van der Waals surface area contributed by atoms with Crippen LogP contribution in [0.15, 0.2) is 36.4 Å². The van der Waals surface area contributed by atoms with Gasteiger partial charge in [0.05, 0.1) is 40.6 Å². The van der Waals surface area contributed by atoms with Crippen LogP contribution in [0.5, 0.6) is 17.2 Å². The molecule has 1 aliphatic rings. The van der Waals surface area contributed by atoms with Crippen molar-refractivity contribution in [2.24, 2.45) is 0 Å². The fourth-order valence-corrected chi connectivity index (χ4v) is 3.77. The predicted octanol–water partition coefficient (Wildman–Crippen LogP) is 2.60. The molecule has 1 N–H and O–H groups in total. The number of methoxy groups -OCH3 is 3. The van der Waals surface area contributed by atoms with Crippen LogP contribution in [-0.4, -0.2) is 63.1 Å². The van der Waals surface area contributed by atoms with Crippen LogP contribution in [0.2, 0.25) is 0 Å². The number of rotatable bonds is 6. The largest absolute Gasteiger partial charge is 0.496 e. The zero-order chi connectivity index (χ0) is 21.0. The quantitative estimate of drug-likeness (QED) is 0.802. The van der Waals surface area contributed by atoms with Crippen LogP contribution in [-0.2, 0) is 4.74 Å². The average molecular weight is 401 g/mol. The van der Waals surface area contributed by atoms with Crippen molar-refractivity contribution in [3.05, 3.63) is 53.1 Å². The number of ether oxygens (including phenoxy) is 4. The van der Waals surface area contributed by atoms with Crippen LogP contribution in [0.4, 0.5) is 0 Å². The summed E-state index contributed by atoms with van der Waals surface area (Å²) in [5.41, 5.74) is 2.14. The molecule has 7 heteroatoms. The first-order valence-electron chi connectivity index (χ1n) is 9.44. The summed E-state index contributed by atoms with van der Waals surface area (Å²) >= 11 is 0. The first-order valence-corrected chi connectivity index (χ1v) is 9.44. The van der Waals surface area contributed by atoms with Gasteiger partial charge >= 0.3 is 0 Å².